The van der Waals surface area contributed by atoms with Crippen LogP contribution in [0.5, 0.6) is 5.75 Å². The second kappa shape index (κ2) is 11.1. The highest BCUT2D eigenvalue weighted by atomic mass is 35.5. The SMILES string of the molecule is Cc1ccccc1OCC(O)CN(C)CCCNCc1ccc(Cl)nn1. The first kappa shape index (κ1) is 20.6. The lowest BCUT2D eigenvalue weighted by atomic mass is 10.2. The van der Waals surface area contributed by atoms with Crippen LogP contribution in [0.4, 0.5) is 0 Å². The predicted octanol–water partition coefficient (Wildman–Crippen LogP) is 2.29. The van der Waals surface area contributed by atoms with E-state index in [-0.39, 0.29) is 0 Å². The molecule has 0 bridgehead atoms. The summed E-state index contributed by atoms with van der Waals surface area (Å²) >= 11 is 5.71. The van der Waals surface area contributed by atoms with Crippen molar-refractivity contribution in [3.63, 3.8) is 0 Å². The van der Waals surface area contributed by atoms with E-state index in [9.17, 15) is 5.11 Å². The molecule has 1 atom stereocenters. The molecule has 1 aromatic heterocycles. The highest BCUT2D eigenvalue weighted by Crippen LogP contribution is 2.16. The number of nitrogens with one attached hydrogen (secondary N) is 1. The number of halogens is 1. The monoisotopic (exact) mass is 378 g/mol. The zero-order valence-electron chi connectivity index (χ0n) is 15.4. The van der Waals surface area contributed by atoms with Crippen LogP contribution >= 0.6 is 11.6 Å². The number of rotatable bonds is 11. The van der Waals surface area contributed by atoms with Gasteiger partial charge in [0.05, 0.1) is 5.69 Å². The molecule has 2 N–H and O–H groups in total. The minimum Gasteiger partial charge on any atom is -0.491 e. The second-order valence-corrected chi connectivity index (χ2v) is 6.76. The number of aliphatic hydroxyl groups excluding tert-OH is 1. The molecular weight excluding hydrogens is 352 g/mol. The van der Waals surface area contributed by atoms with E-state index in [4.69, 9.17) is 16.3 Å². The fourth-order valence-corrected chi connectivity index (χ4v) is 2.64. The molecule has 0 aliphatic carbocycles. The topological polar surface area (TPSA) is 70.5 Å². The molecule has 0 aliphatic rings. The van der Waals surface area contributed by atoms with Crippen molar-refractivity contribution < 1.29 is 9.84 Å². The minimum absolute atomic E-state index is 0.294. The van der Waals surface area contributed by atoms with E-state index in [2.05, 4.69) is 20.4 Å². The van der Waals surface area contributed by atoms with Crippen LogP contribution in [-0.2, 0) is 6.54 Å². The third kappa shape index (κ3) is 7.66. The number of likely N-dealkylation sites (N-methyl/N-ethyl adjacent to an activating group) is 1. The third-order valence-corrected chi connectivity index (χ3v) is 4.14. The van der Waals surface area contributed by atoms with Gasteiger partial charge in [-0.05, 0) is 57.2 Å². The van der Waals surface area contributed by atoms with E-state index in [1.807, 2.05) is 44.3 Å². The summed E-state index contributed by atoms with van der Waals surface area (Å²) in [7, 11) is 2.00. The van der Waals surface area contributed by atoms with Gasteiger partial charge in [-0.25, -0.2) is 0 Å². The Kier molecular flexibility index (Phi) is 8.77. The first-order chi connectivity index (χ1) is 12.5. The molecular formula is C19H27ClN4O2. The van der Waals surface area contributed by atoms with Crippen LogP contribution in [0.2, 0.25) is 5.15 Å². The van der Waals surface area contributed by atoms with Gasteiger partial charge in [0.2, 0.25) is 0 Å². The zero-order chi connectivity index (χ0) is 18.8. The number of aliphatic hydroxyl groups is 1. The maximum atomic E-state index is 10.1. The summed E-state index contributed by atoms with van der Waals surface area (Å²) < 4.78 is 5.69. The van der Waals surface area contributed by atoms with Crippen molar-refractivity contribution >= 4 is 11.6 Å². The first-order valence-corrected chi connectivity index (χ1v) is 9.16. The number of para-hydroxylation sites is 1. The van der Waals surface area contributed by atoms with Crippen molar-refractivity contribution in [2.75, 3.05) is 33.3 Å². The molecule has 0 fully saturated rings. The molecule has 2 rings (SSSR count). The summed E-state index contributed by atoms with van der Waals surface area (Å²) in [5.74, 6) is 0.823. The number of ether oxygens (including phenoxy) is 1. The predicted molar refractivity (Wildman–Crippen MR) is 104 cm³/mol. The molecule has 6 nitrogen and oxygen atoms in total. The van der Waals surface area contributed by atoms with E-state index in [0.29, 0.717) is 24.8 Å². The highest BCUT2D eigenvalue weighted by Gasteiger charge is 2.09. The maximum absolute atomic E-state index is 10.1. The summed E-state index contributed by atoms with van der Waals surface area (Å²) in [5, 5.41) is 21.7. The zero-order valence-corrected chi connectivity index (χ0v) is 16.1. The van der Waals surface area contributed by atoms with Gasteiger partial charge in [-0.15, -0.1) is 5.10 Å². The van der Waals surface area contributed by atoms with Gasteiger partial charge in [-0.3, -0.25) is 0 Å². The molecule has 1 heterocycles. The van der Waals surface area contributed by atoms with Crippen molar-refractivity contribution in [3.05, 3.63) is 52.8 Å². The number of hydrogen-bond donors (Lipinski definition) is 2. The van der Waals surface area contributed by atoms with Crippen LogP contribution in [0, 0.1) is 6.92 Å². The number of aryl methyl sites for hydroxylation is 1. The Balaban J connectivity index is 1.55. The summed E-state index contributed by atoms with van der Waals surface area (Å²) in [6.07, 6.45) is 0.458. The van der Waals surface area contributed by atoms with Gasteiger partial charge in [0, 0.05) is 13.1 Å². The van der Waals surface area contributed by atoms with Gasteiger partial charge in [-0.1, -0.05) is 29.8 Å². The largest absolute Gasteiger partial charge is 0.491 e. The van der Waals surface area contributed by atoms with Crippen LogP contribution in [0.3, 0.4) is 0 Å². The van der Waals surface area contributed by atoms with Gasteiger partial charge in [0.1, 0.15) is 18.5 Å². The van der Waals surface area contributed by atoms with E-state index < -0.39 is 6.10 Å². The van der Waals surface area contributed by atoms with Gasteiger partial charge in [-0.2, -0.15) is 5.10 Å². The summed E-state index contributed by atoms with van der Waals surface area (Å²) in [4.78, 5) is 2.11. The lowest BCUT2D eigenvalue weighted by molar-refractivity contribution is 0.0758. The first-order valence-electron chi connectivity index (χ1n) is 8.78. The summed E-state index contributed by atoms with van der Waals surface area (Å²) in [6, 6.07) is 11.4. The average Bonchev–Trinajstić information content (AvgIpc) is 2.62. The number of nitrogens with zero attached hydrogens (tertiary/aromatic N) is 3. The molecule has 0 aliphatic heterocycles. The summed E-state index contributed by atoms with van der Waals surface area (Å²) in [5.41, 5.74) is 1.94. The lowest BCUT2D eigenvalue weighted by Crippen LogP contribution is -2.34. The molecule has 0 amide bonds. The number of benzene rings is 1. The molecule has 0 radical (unpaired) electrons. The molecule has 1 aromatic carbocycles. The van der Waals surface area contributed by atoms with Crippen molar-refractivity contribution in [1.29, 1.82) is 0 Å². The Morgan fingerprint density at radius 2 is 2.04 bits per heavy atom. The molecule has 7 heteroatoms. The maximum Gasteiger partial charge on any atom is 0.151 e. The van der Waals surface area contributed by atoms with Crippen LogP contribution in [-0.4, -0.2) is 59.6 Å². The number of hydrogen-bond acceptors (Lipinski definition) is 6. The van der Waals surface area contributed by atoms with Crippen LogP contribution < -0.4 is 10.1 Å². The fraction of sp³-hybridized carbons (Fsp3) is 0.474. The minimum atomic E-state index is -0.517. The van der Waals surface area contributed by atoms with Crippen LogP contribution in [0.15, 0.2) is 36.4 Å². The molecule has 0 saturated carbocycles. The van der Waals surface area contributed by atoms with Gasteiger partial charge in [0.25, 0.3) is 0 Å². The Hall–Kier alpha value is -1.73. The molecule has 0 spiro atoms. The van der Waals surface area contributed by atoms with E-state index in [0.717, 1.165) is 36.5 Å². The van der Waals surface area contributed by atoms with E-state index >= 15 is 0 Å². The van der Waals surface area contributed by atoms with E-state index in [1.54, 1.807) is 6.07 Å². The molecule has 2 aromatic rings. The van der Waals surface area contributed by atoms with Gasteiger partial charge >= 0.3 is 0 Å². The summed E-state index contributed by atoms with van der Waals surface area (Å²) in [6.45, 7) is 5.29. The van der Waals surface area contributed by atoms with Crippen LogP contribution in [0.1, 0.15) is 17.7 Å². The second-order valence-electron chi connectivity index (χ2n) is 6.37. The highest BCUT2D eigenvalue weighted by molar-refractivity contribution is 6.29. The standard InChI is InChI=1S/C19H27ClN4O2/c1-15-6-3-4-7-18(15)26-14-17(25)13-24(2)11-5-10-21-12-16-8-9-19(20)23-22-16/h3-4,6-9,17,21,25H,5,10-14H2,1-2H3. The van der Waals surface area contributed by atoms with Crippen molar-refractivity contribution in [2.45, 2.75) is 26.0 Å². The van der Waals surface area contributed by atoms with E-state index in [1.165, 1.54) is 0 Å². The third-order valence-electron chi connectivity index (χ3n) is 3.93. The van der Waals surface area contributed by atoms with Gasteiger partial charge in [0.15, 0.2) is 5.15 Å². The molecule has 26 heavy (non-hydrogen) atoms. The smallest absolute Gasteiger partial charge is 0.151 e. The van der Waals surface area contributed by atoms with Gasteiger partial charge < -0.3 is 20.1 Å². The Morgan fingerprint density at radius 3 is 2.77 bits per heavy atom. The molecule has 142 valence electrons. The van der Waals surface area contributed by atoms with Crippen molar-refractivity contribution in [1.82, 2.24) is 20.4 Å². The Labute approximate surface area is 160 Å². The average molecular weight is 379 g/mol. The van der Waals surface area contributed by atoms with Crippen molar-refractivity contribution in [3.8, 4) is 5.75 Å². The fourth-order valence-electron chi connectivity index (χ4n) is 2.54. The Morgan fingerprint density at radius 1 is 1.23 bits per heavy atom. The molecule has 0 saturated heterocycles. The number of aromatic nitrogens is 2. The van der Waals surface area contributed by atoms with Crippen molar-refractivity contribution in [2.24, 2.45) is 0 Å². The van der Waals surface area contributed by atoms with Crippen LogP contribution in [0.25, 0.3) is 0 Å². The quantitative estimate of drug-likeness (QED) is 0.585. The Bertz CT molecular complexity index is 654. The normalized spacial score (nSPS) is 12.3. The lowest BCUT2D eigenvalue weighted by Gasteiger charge is -2.21. The molecule has 1 unspecified atom stereocenters.